The normalized spacial score (nSPS) is 9.54. The van der Waals surface area contributed by atoms with E-state index in [2.05, 4.69) is 0 Å². The van der Waals surface area contributed by atoms with Crippen LogP contribution in [0.5, 0.6) is 0 Å². The Labute approximate surface area is 76.9 Å². The van der Waals surface area contributed by atoms with Crippen LogP contribution in [-0.4, -0.2) is 0 Å². The summed E-state index contributed by atoms with van der Waals surface area (Å²) in [6.07, 6.45) is 1.70. The summed E-state index contributed by atoms with van der Waals surface area (Å²) in [5.74, 6) is 0. The third-order valence-electron chi connectivity index (χ3n) is 1.81. The van der Waals surface area contributed by atoms with Gasteiger partial charge < -0.3 is 4.42 Å². The summed E-state index contributed by atoms with van der Waals surface area (Å²) in [5.41, 5.74) is 0.899. The van der Waals surface area contributed by atoms with Crippen molar-refractivity contribution in [3.63, 3.8) is 0 Å². The molecular formula is C12H10O. The summed E-state index contributed by atoms with van der Waals surface area (Å²) in [6, 6.07) is 17.8. The van der Waals surface area contributed by atoms with Crippen molar-refractivity contribution in [2.24, 2.45) is 0 Å². The average Bonchev–Trinajstić information content (AvgIpc) is 2.59. The van der Waals surface area contributed by atoms with Crippen LogP contribution in [0.1, 0.15) is 0 Å². The van der Waals surface area contributed by atoms with E-state index in [1.807, 2.05) is 54.6 Å². The summed E-state index contributed by atoms with van der Waals surface area (Å²) < 4.78 is 5.29. The highest BCUT2D eigenvalue weighted by Crippen LogP contribution is 2.10. The molecular weight excluding hydrogens is 160 g/mol. The first kappa shape index (κ1) is 7.87. The van der Waals surface area contributed by atoms with Crippen molar-refractivity contribution in [3.05, 3.63) is 60.9 Å². The highest BCUT2D eigenvalue weighted by molar-refractivity contribution is 5.75. The van der Waals surface area contributed by atoms with E-state index >= 15 is 0 Å². The van der Waals surface area contributed by atoms with E-state index in [-0.39, 0.29) is 0 Å². The molecule has 0 N–H and O–H groups in total. The molecule has 2 aromatic rings. The van der Waals surface area contributed by atoms with Gasteiger partial charge >= 0.3 is 0 Å². The molecule has 2 rings (SSSR count). The highest BCUT2D eigenvalue weighted by atomic mass is 16.3. The maximum absolute atomic E-state index is 5.29. The predicted octanol–water partition coefficient (Wildman–Crippen LogP) is 3.56. The first-order valence-corrected chi connectivity index (χ1v) is 4.22. The molecule has 1 aromatic heterocycles. The van der Waals surface area contributed by atoms with Crippen LogP contribution in [0, 0.1) is 0 Å². The Kier molecular flexibility index (Phi) is 2.28. The number of rotatable bonds is 0. The molecule has 0 saturated carbocycles. The summed E-state index contributed by atoms with van der Waals surface area (Å²) in [7, 11) is 0. The molecule has 1 heteroatoms. The van der Waals surface area contributed by atoms with E-state index in [0.29, 0.717) is 0 Å². The molecule has 0 spiro atoms. The van der Waals surface area contributed by atoms with E-state index in [0.717, 1.165) is 11.0 Å². The first-order valence-electron chi connectivity index (χ1n) is 4.22. The molecule has 1 aromatic carbocycles. The van der Waals surface area contributed by atoms with E-state index in [1.54, 1.807) is 6.26 Å². The Morgan fingerprint density at radius 2 is 1.38 bits per heavy atom. The van der Waals surface area contributed by atoms with Crippen molar-refractivity contribution in [2.75, 3.05) is 0 Å². The van der Waals surface area contributed by atoms with Gasteiger partial charge in [-0.15, -0.1) is 0 Å². The van der Waals surface area contributed by atoms with Crippen LogP contribution < -0.4 is 0 Å². The minimum absolute atomic E-state index is 0.899. The zero-order valence-electron chi connectivity index (χ0n) is 7.18. The highest BCUT2D eigenvalue weighted by Gasteiger charge is 1.87. The van der Waals surface area contributed by atoms with Gasteiger partial charge in [0.2, 0.25) is 0 Å². The van der Waals surface area contributed by atoms with Gasteiger partial charge in [0, 0.05) is 5.39 Å². The van der Waals surface area contributed by atoms with Crippen LogP contribution in [0.25, 0.3) is 11.0 Å². The second kappa shape index (κ2) is 3.76. The molecule has 0 aliphatic heterocycles. The molecule has 0 saturated heterocycles. The average molecular weight is 170 g/mol. The standard InChI is InChI=1S/C12H10O/c1-2-4-6-8-12-11(7-5-3-1)9-10-13-12/h1-10H. The van der Waals surface area contributed by atoms with Gasteiger partial charge in [0.05, 0.1) is 6.26 Å². The maximum Gasteiger partial charge on any atom is 0.133 e. The zero-order valence-corrected chi connectivity index (χ0v) is 7.18. The third-order valence-corrected chi connectivity index (χ3v) is 1.81. The second-order valence-corrected chi connectivity index (χ2v) is 2.73. The van der Waals surface area contributed by atoms with Crippen molar-refractivity contribution in [1.82, 2.24) is 0 Å². The van der Waals surface area contributed by atoms with Gasteiger partial charge in [0.25, 0.3) is 0 Å². The number of hydrogen-bond donors (Lipinski definition) is 0. The molecule has 64 valence electrons. The van der Waals surface area contributed by atoms with Crippen molar-refractivity contribution in [3.8, 4) is 0 Å². The van der Waals surface area contributed by atoms with E-state index in [9.17, 15) is 0 Å². The van der Waals surface area contributed by atoms with Gasteiger partial charge in [-0.05, 0) is 12.1 Å². The van der Waals surface area contributed by atoms with Crippen molar-refractivity contribution < 1.29 is 4.42 Å². The van der Waals surface area contributed by atoms with Crippen LogP contribution in [-0.2, 0) is 0 Å². The van der Waals surface area contributed by atoms with Gasteiger partial charge in [0.15, 0.2) is 0 Å². The van der Waals surface area contributed by atoms with Crippen molar-refractivity contribution in [2.45, 2.75) is 0 Å². The number of furan rings is 1. The van der Waals surface area contributed by atoms with Gasteiger partial charge in [-0.25, -0.2) is 0 Å². The summed E-state index contributed by atoms with van der Waals surface area (Å²) in [6.45, 7) is 0. The maximum atomic E-state index is 5.29. The van der Waals surface area contributed by atoms with Crippen LogP contribution in [0.3, 0.4) is 0 Å². The lowest BCUT2D eigenvalue weighted by atomic mass is 10.3. The largest absolute Gasteiger partial charge is 0.464 e. The smallest absolute Gasteiger partial charge is 0.133 e. The molecule has 1 nitrogen and oxygen atoms in total. The molecule has 0 aliphatic carbocycles. The van der Waals surface area contributed by atoms with Crippen molar-refractivity contribution in [1.29, 1.82) is 0 Å². The molecule has 0 bridgehead atoms. The van der Waals surface area contributed by atoms with Gasteiger partial charge in [0.1, 0.15) is 5.58 Å². The SMILES string of the molecule is c1ccccc2occc2ccc1. The number of fused-ring (bicyclic) bond motifs is 1. The Balaban J connectivity index is 2.74. The Bertz CT molecular complexity index is 401. The molecule has 1 heterocycles. The quantitative estimate of drug-likeness (QED) is 0.589. The van der Waals surface area contributed by atoms with E-state index in [4.69, 9.17) is 4.42 Å². The predicted molar refractivity (Wildman–Crippen MR) is 53.8 cm³/mol. The fourth-order valence-corrected chi connectivity index (χ4v) is 1.16. The van der Waals surface area contributed by atoms with Crippen LogP contribution in [0.15, 0.2) is 65.3 Å². The molecule has 0 amide bonds. The van der Waals surface area contributed by atoms with Gasteiger partial charge in [-0.1, -0.05) is 42.5 Å². The molecule has 0 radical (unpaired) electrons. The van der Waals surface area contributed by atoms with Crippen LogP contribution in [0.2, 0.25) is 0 Å². The fraction of sp³-hybridized carbons (Fsp3) is 0. The third kappa shape index (κ3) is 1.88. The molecule has 0 aliphatic rings. The molecule has 0 atom stereocenters. The summed E-state index contributed by atoms with van der Waals surface area (Å²) >= 11 is 0. The lowest BCUT2D eigenvalue weighted by Gasteiger charge is -1.79. The number of hydrogen-bond acceptors (Lipinski definition) is 1. The summed E-state index contributed by atoms with van der Waals surface area (Å²) in [4.78, 5) is 0. The molecule has 0 unspecified atom stereocenters. The lowest BCUT2D eigenvalue weighted by Crippen LogP contribution is -1.55. The van der Waals surface area contributed by atoms with Crippen molar-refractivity contribution >= 4 is 11.0 Å². The van der Waals surface area contributed by atoms with Crippen LogP contribution in [0.4, 0.5) is 0 Å². The monoisotopic (exact) mass is 170 g/mol. The Morgan fingerprint density at radius 3 is 2.23 bits per heavy atom. The minimum atomic E-state index is 0.899. The summed E-state index contributed by atoms with van der Waals surface area (Å²) in [5, 5.41) is 1.11. The lowest BCUT2D eigenvalue weighted by molar-refractivity contribution is 0.616. The topological polar surface area (TPSA) is 13.1 Å². The second-order valence-electron chi connectivity index (χ2n) is 2.73. The van der Waals surface area contributed by atoms with Gasteiger partial charge in [-0.2, -0.15) is 0 Å². The molecule has 0 fully saturated rings. The zero-order chi connectivity index (χ0) is 8.93. The van der Waals surface area contributed by atoms with E-state index in [1.165, 1.54) is 0 Å². The van der Waals surface area contributed by atoms with Crippen LogP contribution >= 0.6 is 0 Å². The molecule has 13 heavy (non-hydrogen) atoms. The van der Waals surface area contributed by atoms with E-state index < -0.39 is 0 Å². The fourth-order valence-electron chi connectivity index (χ4n) is 1.16. The van der Waals surface area contributed by atoms with Gasteiger partial charge in [-0.3, -0.25) is 0 Å². The Hall–Kier alpha value is -1.76. The first-order chi connectivity index (χ1) is 6.47. The Morgan fingerprint density at radius 1 is 0.692 bits per heavy atom. The minimum Gasteiger partial charge on any atom is -0.464 e.